The molecule has 0 bridgehead atoms. The number of benzene rings is 1. The highest BCUT2D eigenvalue weighted by Gasteiger charge is 2.14. The van der Waals surface area contributed by atoms with Gasteiger partial charge in [0.2, 0.25) is 21.8 Å². The molecule has 0 aliphatic carbocycles. The van der Waals surface area contributed by atoms with Crippen LogP contribution in [0.25, 0.3) is 6.08 Å². The number of carbonyl (C=O) groups is 1. The third-order valence-electron chi connectivity index (χ3n) is 3.75. The third kappa shape index (κ3) is 6.28. The molecule has 0 spiro atoms. The third-order valence-corrected chi connectivity index (χ3v) is 4.33. The topological polar surface area (TPSA) is 97.4 Å². The van der Waals surface area contributed by atoms with Crippen molar-refractivity contribution in [3.63, 3.8) is 0 Å². The van der Waals surface area contributed by atoms with Crippen LogP contribution in [0.5, 0.6) is 5.88 Å². The second kappa shape index (κ2) is 9.84. The van der Waals surface area contributed by atoms with Crippen molar-refractivity contribution in [3.05, 3.63) is 58.5 Å². The number of ether oxygens (including phenoxy) is 1. The molecule has 2 N–H and O–H groups in total. The summed E-state index contributed by atoms with van der Waals surface area (Å²) in [6.45, 7) is -0.792. The zero-order chi connectivity index (χ0) is 22.3. The Kier molecular flexibility index (Phi) is 7.49. The average molecular weight is 435 g/mol. The second-order valence-corrected chi connectivity index (χ2v) is 7.85. The predicted octanol–water partition coefficient (Wildman–Crippen LogP) is 2.38. The molecule has 0 saturated heterocycles. The molecule has 0 aliphatic heterocycles. The summed E-state index contributed by atoms with van der Waals surface area (Å²) in [4.78, 5) is 16.0. The van der Waals surface area contributed by atoms with Gasteiger partial charge in [-0.3, -0.25) is 9.52 Å². The molecule has 1 aromatic carbocycles. The van der Waals surface area contributed by atoms with Crippen LogP contribution in [-0.4, -0.2) is 32.7 Å². The Morgan fingerprint density at radius 1 is 1.37 bits per heavy atom. The summed E-state index contributed by atoms with van der Waals surface area (Å²) in [5.41, 5.74) is 0.693. The van der Waals surface area contributed by atoms with E-state index in [-0.39, 0.29) is 29.4 Å². The number of pyridine rings is 1. The molecule has 0 radical (unpaired) electrons. The van der Waals surface area contributed by atoms with Gasteiger partial charge in [-0.25, -0.2) is 22.2 Å². The molecule has 0 saturated carbocycles. The molecule has 158 valence electrons. The quantitative estimate of drug-likeness (QED) is 0.490. The molecule has 0 unspecified atom stereocenters. The van der Waals surface area contributed by atoms with Crippen molar-refractivity contribution in [1.29, 1.82) is 0 Å². The zero-order valence-electron chi connectivity index (χ0n) is 16.2. The number of hydrogen-bond donors (Lipinski definition) is 2. The van der Waals surface area contributed by atoms with Gasteiger partial charge >= 0.3 is 0 Å². The van der Waals surface area contributed by atoms with E-state index in [1.807, 2.05) is 4.72 Å². The van der Waals surface area contributed by atoms with E-state index in [0.717, 1.165) is 12.3 Å². The van der Waals surface area contributed by atoms with Gasteiger partial charge < -0.3 is 10.1 Å². The molecule has 2 rings (SSSR count). The highest BCUT2D eigenvalue weighted by atomic mass is 32.2. The van der Waals surface area contributed by atoms with E-state index in [4.69, 9.17) is 11.2 Å². The van der Waals surface area contributed by atoms with Crippen LogP contribution in [0.4, 0.5) is 14.5 Å². The fourth-order valence-electron chi connectivity index (χ4n) is 2.44. The number of amides is 1. The lowest BCUT2D eigenvalue weighted by atomic mass is 10.1. The molecule has 10 heteroatoms. The summed E-state index contributed by atoms with van der Waals surface area (Å²) in [6.07, 6.45) is 8.87. The number of sulfonamides is 1. The first-order valence-corrected chi connectivity index (χ1v) is 10.4. The highest BCUT2D eigenvalue weighted by molar-refractivity contribution is 7.92. The molecule has 1 heterocycles. The van der Waals surface area contributed by atoms with E-state index >= 15 is 0 Å². The monoisotopic (exact) mass is 435 g/mol. The summed E-state index contributed by atoms with van der Waals surface area (Å²) >= 11 is 0. The van der Waals surface area contributed by atoms with Crippen molar-refractivity contribution in [3.8, 4) is 18.2 Å². The first-order chi connectivity index (χ1) is 14.2. The van der Waals surface area contributed by atoms with Gasteiger partial charge in [0.25, 0.3) is 0 Å². The number of nitrogens with zero attached hydrogens (tertiary/aromatic N) is 1. The van der Waals surface area contributed by atoms with Crippen LogP contribution in [0.2, 0.25) is 0 Å². The Balaban J connectivity index is 2.10. The van der Waals surface area contributed by atoms with Gasteiger partial charge in [0.05, 0.1) is 30.3 Å². The maximum atomic E-state index is 14.3. The number of aromatic nitrogens is 1. The maximum Gasteiger partial charge on any atom is 0.244 e. The number of rotatable bonds is 8. The molecule has 0 aliphatic rings. The zero-order valence-corrected chi connectivity index (χ0v) is 17.0. The van der Waals surface area contributed by atoms with Crippen LogP contribution in [-0.2, 0) is 28.0 Å². The van der Waals surface area contributed by atoms with E-state index in [2.05, 4.69) is 16.2 Å². The summed E-state index contributed by atoms with van der Waals surface area (Å²) in [5, 5.41) is 2.55. The summed E-state index contributed by atoms with van der Waals surface area (Å²) in [5.74, 6) is 1.03. The fraction of sp³-hybridized carbons (Fsp3) is 0.200. The minimum Gasteiger partial charge on any atom is -0.481 e. The molecule has 0 atom stereocenters. The second-order valence-electron chi connectivity index (χ2n) is 6.10. The minimum atomic E-state index is -3.72. The molecule has 0 fully saturated rings. The van der Waals surface area contributed by atoms with Crippen LogP contribution in [0.3, 0.4) is 0 Å². The van der Waals surface area contributed by atoms with E-state index in [1.165, 1.54) is 31.4 Å². The van der Waals surface area contributed by atoms with Crippen LogP contribution in [0.1, 0.15) is 22.4 Å². The molecular weight excluding hydrogens is 416 g/mol. The Morgan fingerprint density at radius 3 is 2.70 bits per heavy atom. The van der Waals surface area contributed by atoms with Crippen LogP contribution < -0.4 is 14.8 Å². The molecule has 1 amide bonds. The smallest absolute Gasteiger partial charge is 0.244 e. The number of hydrogen-bond acceptors (Lipinski definition) is 5. The largest absolute Gasteiger partial charge is 0.481 e. The number of anilines is 1. The number of halogens is 2. The molecule has 2 aromatic rings. The Morgan fingerprint density at radius 2 is 2.10 bits per heavy atom. The summed E-state index contributed by atoms with van der Waals surface area (Å²) in [6, 6.07) is 5.49. The van der Waals surface area contributed by atoms with Crippen molar-refractivity contribution < 1.29 is 26.7 Å². The van der Waals surface area contributed by atoms with Crippen LogP contribution in [0, 0.1) is 18.2 Å². The Labute approximate surface area is 173 Å². The maximum absolute atomic E-state index is 14.3. The minimum absolute atomic E-state index is 0.00368. The first kappa shape index (κ1) is 22.8. The number of alkyl halides is 1. The first-order valence-electron chi connectivity index (χ1n) is 8.49. The normalized spacial score (nSPS) is 11.2. The number of terminal acetylenes is 1. The van der Waals surface area contributed by atoms with Gasteiger partial charge in [-0.05, 0) is 35.9 Å². The molecule has 1 aromatic heterocycles. The van der Waals surface area contributed by atoms with Gasteiger partial charge in [0.1, 0.15) is 12.5 Å². The molecule has 7 nitrogen and oxygen atoms in total. The van der Waals surface area contributed by atoms with E-state index in [0.29, 0.717) is 11.1 Å². The van der Waals surface area contributed by atoms with Crippen molar-refractivity contribution in [2.45, 2.75) is 13.2 Å². The van der Waals surface area contributed by atoms with Gasteiger partial charge in [0.15, 0.2) is 0 Å². The molecule has 30 heavy (non-hydrogen) atoms. The van der Waals surface area contributed by atoms with Crippen LogP contribution >= 0.6 is 0 Å². The predicted molar refractivity (Wildman–Crippen MR) is 109 cm³/mol. The Bertz CT molecular complexity index is 1130. The Hall–Kier alpha value is -3.45. The van der Waals surface area contributed by atoms with E-state index < -0.39 is 28.4 Å². The van der Waals surface area contributed by atoms with Gasteiger partial charge in [-0.2, -0.15) is 0 Å². The standard InChI is InChI=1S/C20H19F2N3O4S/c1-4-14-9-13(10-17(22)19(14)25-30(3,27)28)12-23-18(26)8-6-15-5-7-16(11-21)24-20(15)29-2/h1,5-10,25H,11-12H2,2-3H3,(H,23,26)/b8-6+. The van der Waals surface area contributed by atoms with Crippen molar-refractivity contribution >= 4 is 27.7 Å². The molecular formula is C20H19F2N3O4S. The summed E-state index contributed by atoms with van der Waals surface area (Å²) in [7, 11) is -2.34. The van der Waals surface area contributed by atoms with Crippen molar-refractivity contribution in [2.75, 3.05) is 18.1 Å². The highest BCUT2D eigenvalue weighted by Crippen LogP contribution is 2.23. The number of nitrogens with one attached hydrogen (secondary N) is 2. The van der Waals surface area contributed by atoms with Crippen molar-refractivity contribution in [1.82, 2.24) is 10.3 Å². The number of methoxy groups -OCH3 is 1. The SMILES string of the molecule is C#Cc1cc(CNC(=O)/C=C/c2ccc(CF)nc2OC)cc(F)c1NS(C)(=O)=O. The lowest BCUT2D eigenvalue weighted by Crippen LogP contribution is -2.20. The van der Waals surface area contributed by atoms with Crippen LogP contribution in [0.15, 0.2) is 30.3 Å². The van der Waals surface area contributed by atoms with Gasteiger partial charge in [-0.1, -0.05) is 5.92 Å². The van der Waals surface area contributed by atoms with E-state index in [1.54, 1.807) is 6.07 Å². The number of carbonyl (C=O) groups excluding carboxylic acids is 1. The average Bonchev–Trinajstić information content (AvgIpc) is 2.71. The van der Waals surface area contributed by atoms with Crippen molar-refractivity contribution in [2.24, 2.45) is 0 Å². The lowest BCUT2D eigenvalue weighted by molar-refractivity contribution is -0.116. The summed E-state index contributed by atoms with van der Waals surface area (Å²) < 4.78 is 56.7. The fourth-order valence-corrected chi connectivity index (χ4v) is 3.01. The lowest BCUT2D eigenvalue weighted by Gasteiger charge is -2.11. The van der Waals surface area contributed by atoms with E-state index in [9.17, 15) is 22.0 Å². The van der Waals surface area contributed by atoms with Gasteiger partial charge in [0, 0.05) is 18.2 Å². The van der Waals surface area contributed by atoms with Gasteiger partial charge in [-0.15, -0.1) is 6.42 Å².